The SMILES string of the molecule is Cc1cc(Nc2nccc(C(F)(F)F)n2)cc(-c2ccc(OCc3cn(C)cn3)c(C(=O)O)c2)c1. The van der Waals surface area contributed by atoms with Gasteiger partial charge in [-0.1, -0.05) is 12.1 Å². The first-order valence-electron chi connectivity index (χ1n) is 10.3. The number of rotatable bonds is 7. The fourth-order valence-corrected chi connectivity index (χ4v) is 3.42. The van der Waals surface area contributed by atoms with E-state index in [2.05, 4.69) is 20.3 Å². The Kier molecular flexibility index (Phi) is 6.41. The molecule has 4 rings (SSSR count). The summed E-state index contributed by atoms with van der Waals surface area (Å²) in [5, 5.41) is 12.5. The topological polar surface area (TPSA) is 102 Å². The molecule has 2 aromatic heterocycles. The van der Waals surface area contributed by atoms with Gasteiger partial charge in [-0.05, 0) is 53.9 Å². The average molecular weight is 483 g/mol. The highest BCUT2D eigenvalue weighted by atomic mass is 19.4. The number of imidazole rings is 1. The summed E-state index contributed by atoms with van der Waals surface area (Å²) in [4.78, 5) is 23.4. The number of hydrogen-bond donors (Lipinski definition) is 2. The Balaban J connectivity index is 1.61. The molecule has 0 unspecified atom stereocenters. The molecule has 0 spiro atoms. The highest BCUT2D eigenvalue weighted by Crippen LogP contribution is 2.31. The smallest absolute Gasteiger partial charge is 0.433 e. The van der Waals surface area contributed by atoms with Crippen LogP contribution in [0, 0.1) is 6.92 Å². The molecule has 2 heterocycles. The van der Waals surface area contributed by atoms with Crippen molar-refractivity contribution >= 4 is 17.6 Å². The maximum absolute atomic E-state index is 13.0. The van der Waals surface area contributed by atoms with E-state index in [4.69, 9.17) is 4.74 Å². The molecule has 0 amide bonds. The van der Waals surface area contributed by atoms with Crippen LogP contribution >= 0.6 is 0 Å². The lowest BCUT2D eigenvalue weighted by Gasteiger charge is -2.13. The number of nitrogens with one attached hydrogen (secondary N) is 1. The Morgan fingerprint density at radius 1 is 1.11 bits per heavy atom. The Morgan fingerprint density at radius 3 is 2.60 bits per heavy atom. The molecule has 0 atom stereocenters. The first kappa shape index (κ1) is 23.7. The molecular formula is C24H20F3N5O3. The maximum atomic E-state index is 13.0. The van der Waals surface area contributed by atoms with Crippen LogP contribution in [0.15, 0.2) is 61.2 Å². The molecule has 0 radical (unpaired) electrons. The van der Waals surface area contributed by atoms with Crippen molar-refractivity contribution in [1.82, 2.24) is 19.5 Å². The minimum atomic E-state index is -4.59. The monoisotopic (exact) mass is 483 g/mol. The number of ether oxygens (including phenoxy) is 1. The molecule has 35 heavy (non-hydrogen) atoms. The number of aromatic carboxylic acids is 1. The Bertz CT molecular complexity index is 1390. The number of carbonyl (C=O) groups is 1. The molecule has 0 aliphatic carbocycles. The molecular weight excluding hydrogens is 463 g/mol. The van der Waals surface area contributed by atoms with E-state index >= 15 is 0 Å². The van der Waals surface area contributed by atoms with E-state index < -0.39 is 17.8 Å². The predicted octanol–water partition coefficient (Wildman–Crippen LogP) is 5.23. The van der Waals surface area contributed by atoms with Gasteiger partial charge in [0.1, 0.15) is 23.6 Å². The fraction of sp³-hybridized carbons (Fsp3) is 0.167. The number of hydrogen-bond acceptors (Lipinski definition) is 6. The van der Waals surface area contributed by atoms with Gasteiger partial charge in [0.15, 0.2) is 0 Å². The summed E-state index contributed by atoms with van der Waals surface area (Å²) < 4.78 is 46.3. The minimum Gasteiger partial charge on any atom is -0.486 e. The van der Waals surface area contributed by atoms with Crippen LogP contribution in [-0.2, 0) is 19.8 Å². The first-order chi connectivity index (χ1) is 16.6. The number of nitrogens with zero attached hydrogens (tertiary/aromatic N) is 4. The lowest BCUT2D eigenvalue weighted by atomic mass is 10.00. The van der Waals surface area contributed by atoms with E-state index in [0.717, 1.165) is 17.8 Å². The molecule has 8 nitrogen and oxygen atoms in total. The van der Waals surface area contributed by atoms with Crippen molar-refractivity contribution in [3.63, 3.8) is 0 Å². The van der Waals surface area contributed by atoms with Gasteiger partial charge in [0, 0.05) is 25.1 Å². The molecule has 180 valence electrons. The van der Waals surface area contributed by atoms with E-state index in [9.17, 15) is 23.1 Å². The normalized spacial score (nSPS) is 11.3. The first-order valence-corrected chi connectivity index (χ1v) is 10.3. The van der Waals surface area contributed by atoms with Gasteiger partial charge in [-0.3, -0.25) is 0 Å². The third kappa shape index (κ3) is 5.75. The van der Waals surface area contributed by atoms with Gasteiger partial charge in [-0.15, -0.1) is 0 Å². The quantitative estimate of drug-likeness (QED) is 0.371. The third-order valence-corrected chi connectivity index (χ3v) is 4.96. The van der Waals surface area contributed by atoms with E-state index in [1.807, 2.05) is 20.0 Å². The van der Waals surface area contributed by atoms with Crippen LogP contribution in [0.5, 0.6) is 5.75 Å². The van der Waals surface area contributed by atoms with E-state index in [1.54, 1.807) is 41.4 Å². The molecule has 2 N–H and O–H groups in total. The molecule has 0 saturated heterocycles. The van der Waals surface area contributed by atoms with Gasteiger partial charge in [0.2, 0.25) is 5.95 Å². The zero-order valence-electron chi connectivity index (χ0n) is 18.7. The second-order valence-electron chi connectivity index (χ2n) is 7.81. The number of anilines is 2. The number of alkyl halides is 3. The van der Waals surface area contributed by atoms with Gasteiger partial charge in [-0.2, -0.15) is 13.2 Å². The molecule has 0 bridgehead atoms. The van der Waals surface area contributed by atoms with Crippen molar-refractivity contribution in [2.45, 2.75) is 19.7 Å². The summed E-state index contributed by atoms with van der Waals surface area (Å²) in [5.41, 5.74) is 2.05. The molecule has 0 aliphatic rings. The lowest BCUT2D eigenvalue weighted by Crippen LogP contribution is -2.10. The Hall–Kier alpha value is -4.41. The number of aryl methyl sites for hydroxylation is 2. The lowest BCUT2D eigenvalue weighted by molar-refractivity contribution is -0.141. The Morgan fingerprint density at radius 2 is 1.91 bits per heavy atom. The van der Waals surface area contributed by atoms with Crippen molar-refractivity contribution in [2.75, 3.05) is 5.32 Å². The summed E-state index contributed by atoms with van der Waals surface area (Å²) in [7, 11) is 1.82. The van der Waals surface area contributed by atoms with Gasteiger partial charge >= 0.3 is 12.1 Å². The van der Waals surface area contributed by atoms with E-state index in [0.29, 0.717) is 22.5 Å². The number of halogens is 3. The van der Waals surface area contributed by atoms with Gasteiger partial charge in [0.25, 0.3) is 0 Å². The molecule has 0 saturated carbocycles. The van der Waals surface area contributed by atoms with Crippen LogP contribution in [0.4, 0.5) is 24.8 Å². The van der Waals surface area contributed by atoms with Crippen LogP contribution < -0.4 is 10.1 Å². The van der Waals surface area contributed by atoms with Crippen LogP contribution in [0.2, 0.25) is 0 Å². The van der Waals surface area contributed by atoms with E-state index in [-0.39, 0.29) is 23.9 Å². The molecule has 0 fully saturated rings. The second kappa shape index (κ2) is 9.45. The third-order valence-electron chi connectivity index (χ3n) is 4.96. The molecule has 0 aliphatic heterocycles. The summed E-state index contributed by atoms with van der Waals surface area (Å²) in [6, 6.07) is 10.8. The van der Waals surface area contributed by atoms with E-state index in [1.165, 1.54) is 6.07 Å². The summed E-state index contributed by atoms with van der Waals surface area (Å²) >= 11 is 0. The molecule has 2 aromatic carbocycles. The van der Waals surface area contributed by atoms with Crippen molar-refractivity contribution in [1.29, 1.82) is 0 Å². The standard InChI is InChI=1S/C24H20F3N5O3/c1-14-7-16(9-17(8-14)30-23-28-6-5-21(31-23)24(25,26)27)15-3-4-20(19(10-15)22(33)34)35-12-18-11-32(2)13-29-18/h3-11,13H,12H2,1-2H3,(H,33,34)(H,28,30,31). The number of carboxylic acid groups (broad SMARTS) is 1. The van der Waals surface area contributed by atoms with Gasteiger partial charge in [0.05, 0.1) is 12.0 Å². The molecule has 11 heteroatoms. The minimum absolute atomic E-state index is 0.0318. The van der Waals surface area contributed by atoms with Crippen molar-refractivity contribution in [3.05, 3.63) is 83.7 Å². The fourth-order valence-electron chi connectivity index (χ4n) is 3.42. The zero-order valence-corrected chi connectivity index (χ0v) is 18.7. The average Bonchev–Trinajstić information content (AvgIpc) is 3.22. The highest BCUT2D eigenvalue weighted by molar-refractivity contribution is 5.93. The van der Waals surface area contributed by atoms with Crippen molar-refractivity contribution in [3.8, 4) is 16.9 Å². The largest absolute Gasteiger partial charge is 0.486 e. The highest BCUT2D eigenvalue weighted by Gasteiger charge is 2.32. The number of carboxylic acids is 1. The van der Waals surface area contributed by atoms with Crippen LogP contribution in [-0.4, -0.2) is 30.6 Å². The van der Waals surface area contributed by atoms with Gasteiger partial charge < -0.3 is 19.7 Å². The van der Waals surface area contributed by atoms with Crippen molar-refractivity contribution in [2.24, 2.45) is 7.05 Å². The van der Waals surface area contributed by atoms with Crippen LogP contribution in [0.3, 0.4) is 0 Å². The summed E-state index contributed by atoms with van der Waals surface area (Å²) in [6.07, 6.45) is -0.180. The summed E-state index contributed by atoms with van der Waals surface area (Å²) in [6.45, 7) is 1.92. The maximum Gasteiger partial charge on any atom is 0.433 e. The van der Waals surface area contributed by atoms with Gasteiger partial charge in [-0.25, -0.2) is 19.7 Å². The van der Waals surface area contributed by atoms with Crippen LogP contribution in [0.1, 0.15) is 27.3 Å². The number of benzene rings is 2. The van der Waals surface area contributed by atoms with Crippen molar-refractivity contribution < 1.29 is 27.8 Å². The van der Waals surface area contributed by atoms with Crippen LogP contribution in [0.25, 0.3) is 11.1 Å². The molecule has 4 aromatic rings. The predicted molar refractivity (Wildman–Crippen MR) is 121 cm³/mol. The zero-order chi connectivity index (χ0) is 25.2. The second-order valence-corrected chi connectivity index (χ2v) is 7.81. The summed E-state index contributed by atoms with van der Waals surface area (Å²) in [5.74, 6) is -1.18. The number of aromatic nitrogens is 4. The Labute approximate surface area is 198 Å².